The molecule has 1 aliphatic heterocycles. The second kappa shape index (κ2) is 10.9. The number of sulfonamides is 1. The lowest BCUT2D eigenvalue weighted by atomic mass is 10.1. The van der Waals surface area contributed by atoms with Gasteiger partial charge in [0.15, 0.2) is 11.5 Å². The van der Waals surface area contributed by atoms with E-state index in [4.69, 9.17) is 14.2 Å². The molecule has 0 spiro atoms. The van der Waals surface area contributed by atoms with Gasteiger partial charge in [-0.25, -0.2) is 8.42 Å². The number of rotatable bonds is 9. The average Bonchev–Trinajstić information content (AvgIpc) is 2.87. The molecule has 4 rings (SSSR count). The maximum absolute atomic E-state index is 12.8. The number of hydrogen-bond acceptors (Lipinski definition) is 6. The molecule has 0 aliphatic carbocycles. The Hall–Kier alpha value is -3.72. The van der Waals surface area contributed by atoms with E-state index in [-0.39, 0.29) is 18.5 Å². The fourth-order valence-electron chi connectivity index (χ4n) is 3.90. The van der Waals surface area contributed by atoms with Crippen molar-refractivity contribution >= 4 is 21.6 Å². The summed E-state index contributed by atoms with van der Waals surface area (Å²) in [6.45, 7) is 5.49. The van der Waals surface area contributed by atoms with Crippen molar-refractivity contribution in [3.63, 3.8) is 0 Å². The van der Waals surface area contributed by atoms with Gasteiger partial charge >= 0.3 is 0 Å². The van der Waals surface area contributed by atoms with Gasteiger partial charge in [-0.1, -0.05) is 18.2 Å². The van der Waals surface area contributed by atoms with Crippen LogP contribution >= 0.6 is 0 Å². The van der Waals surface area contributed by atoms with E-state index in [1.54, 1.807) is 48.5 Å². The number of carbonyl (C=O) groups excluding carboxylic acids is 1. The van der Waals surface area contributed by atoms with Gasteiger partial charge in [0.1, 0.15) is 19.0 Å². The van der Waals surface area contributed by atoms with Gasteiger partial charge in [-0.2, -0.15) is 0 Å². The van der Waals surface area contributed by atoms with Crippen LogP contribution in [0.1, 0.15) is 41.4 Å². The molecular weight excluding hydrogens is 480 g/mol. The van der Waals surface area contributed by atoms with Crippen LogP contribution in [0.5, 0.6) is 17.2 Å². The van der Waals surface area contributed by atoms with Crippen LogP contribution in [-0.4, -0.2) is 40.4 Å². The fraction of sp³-hybridized carbons (Fsp3) is 0.296. The minimum atomic E-state index is -3.53. The molecule has 0 unspecified atom stereocenters. The second-order valence-corrected chi connectivity index (χ2v) is 10.4. The van der Waals surface area contributed by atoms with Gasteiger partial charge in [0.05, 0.1) is 31.1 Å². The smallest absolute Gasteiger partial charge is 0.251 e. The molecule has 9 heteroatoms. The van der Waals surface area contributed by atoms with Crippen molar-refractivity contribution in [3.8, 4) is 17.2 Å². The Morgan fingerprint density at radius 3 is 2.31 bits per heavy atom. The normalized spacial score (nSPS) is 13.5. The van der Waals surface area contributed by atoms with Gasteiger partial charge < -0.3 is 19.5 Å². The minimum absolute atomic E-state index is 0.141. The third kappa shape index (κ3) is 6.09. The zero-order valence-electron chi connectivity index (χ0n) is 20.6. The number of hydrogen-bond donors (Lipinski definition) is 1. The summed E-state index contributed by atoms with van der Waals surface area (Å²) in [4.78, 5) is 12.8. The first kappa shape index (κ1) is 25.4. The average molecular weight is 511 g/mol. The van der Waals surface area contributed by atoms with Crippen molar-refractivity contribution in [3.05, 3.63) is 83.4 Å². The van der Waals surface area contributed by atoms with Crippen LogP contribution in [0.4, 0.5) is 5.69 Å². The van der Waals surface area contributed by atoms with Gasteiger partial charge in [-0.3, -0.25) is 9.10 Å². The molecule has 0 saturated carbocycles. The number of fused-ring (bicyclic) bond motifs is 1. The molecule has 3 aromatic rings. The highest BCUT2D eigenvalue weighted by Crippen LogP contribution is 2.32. The van der Waals surface area contributed by atoms with E-state index in [0.717, 1.165) is 11.1 Å². The van der Waals surface area contributed by atoms with Gasteiger partial charge in [0.25, 0.3) is 5.91 Å². The molecule has 0 bridgehead atoms. The summed E-state index contributed by atoms with van der Waals surface area (Å²) >= 11 is 0. The number of anilines is 1. The van der Waals surface area contributed by atoms with Crippen molar-refractivity contribution in [1.82, 2.24) is 5.32 Å². The SMILES string of the molecule is CCOc1ccc(N(Cc2ccc(C(=O)N[C@H](C)c3ccc4c(c3)OCCO4)cc2)S(C)(=O)=O)cc1. The van der Waals surface area contributed by atoms with E-state index < -0.39 is 10.0 Å². The van der Waals surface area contributed by atoms with Crippen LogP contribution in [0.15, 0.2) is 66.7 Å². The highest BCUT2D eigenvalue weighted by molar-refractivity contribution is 7.92. The predicted molar refractivity (Wildman–Crippen MR) is 138 cm³/mol. The highest BCUT2D eigenvalue weighted by atomic mass is 32.2. The van der Waals surface area contributed by atoms with E-state index in [1.165, 1.54) is 10.6 Å². The summed E-state index contributed by atoms with van der Waals surface area (Å²) in [6, 6.07) is 19.2. The number of carbonyl (C=O) groups is 1. The molecule has 1 N–H and O–H groups in total. The summed E-state index contributed by atoms with van der Waals surface area (Å²) in [5, 5.41) is 2.99. The number of ether oxygens (including phenoxy) is 3. The monoisotopic (exact) mass is 510 g/mol. The Labute approximate surface area is 211 Å². The van der Waals surface area contributed by atoms with Gasteiger partial charge in [-0.15, -0.1) is 0 Å². The summed E-state index contributed by atoms with van der Waals surface area (Å²) in [5.41, 5.74) is 2.68. The third-order valence-electron chi connectivity index (χ3n) is 5.79. The zero-order valence-corrected chi connectivity index (χ0v) is 21.4. The zero-order chi connectivity index (χ0) is 25.7. The second-order valence-electron chi connectivity index (χ2n) is 8.49. The molecule has 1 atom stereocenters. The molecule has 3 aromatic carbocycles. The first-order valence-electron chi connectivity index (χ1n) is 11.7. The largest absolute Gasteiger partial charge is 0.494 e. The molecular formula is C27H30N2O6S. The molecule has 0 saturated heterocycles. The number of benzene rings is 3. The fourth-order valence-corrected chi connectivity index (χ4v) is 4.78. The summed E-state index contributed by atoms with van der Waals surface area (Å²) in [7, 11) is -3.53. The van der Waals surface area contributed by atoms with Crippen molar-refractivity contribution in [2.75, 3.05) is 30.4 Å². The molecule has 8 nitrogen and oxygen atoms in total. The Morgan fingerprint density at radius 2 is 1.67 bits per heavy atom. The summed E-state index contributed by atoms with van der Waals surface area (Å²) < 4.78 is 42.9. The lowest BCUT2D eigenvalue weighted by molar-refractivity contribution is 0.0939. The van der Waals surface area contributed by atoms with Crippen molar-refractivity contribution in [1.29, 1.82) is 0 Å². The molecule has 1 amide bonds. The lowest BCUT2D eigenvalue weighted by Crippen LogP contribution is -2.29. The summed E-state index contributed by atoms with van der Waals surface area (Å²) in [6.07, 6.45) is 1.17. The quantitative estimate of drug-likeness (QED) is 0.461. The third-order valence-corrected chi connectivity index (χ3v) is 6.93. The minimum Gasteiger partial charge on any atom is -0.494 e. The maximum atomic E-state index is 12.8. The standard InChI is InChI=1S/C27H30N2O6S/c1-4-33-24-12-10-23(11-13-24)29(36(3,31)32)18-20-5-7-21(8-6-20)27(30)28-19(2)22-9-14-25-26(17-22)35-16-15-34-25/h5-14,17,19H,4,15-16,18H2,1-3H3,(H,28,30)/t19-/m1/s1. The van der Waals surface area contributed by atoms with E-state index in [2.05, 4.69) is 5.32 Å². The van der Waals surface area contributed by atoms with E-state index in [0.29, 0.717) is 48.3 Å². The Kier molecular flexibility index (Phi) is 7.69. The topological polar surface area (TPSA) is 94.2 Å². The molecule has 1 aliphatic rings. The summed E-state index contributed by atoms with van der Waals surface area (Å²) in [5.74, 6) is 1.82. The van der Waals surface area contributed by atoms with Crippen molar-refractivity contribution < 1.29 is 27.4 Å². The van der Waals surface area contributed by atoms with Crippen LogP contribution in [0, 0.1) is 0 Å². The van der Waals surface area contributed by atoms with Crippen LogP contribution < -0.4 is 23.8 Å². The number of amides is 1. The highest BCUT2D eigenvalue weighted by Gasteiger charge is 2.19. The van der Waals surface area contributed by atoms with E-state index in [1.807, 2.05) is 32.0 Å². The van der Waals surface area contributed by atoms with Gasteiger partial charge in [0.2, 0.25) is 10.0 Å². The predicted octanol–water partition coefficient (Wildman–Crippen LogP) is 4.31. The van der Waals surface area contributed by atoms with Gasteiger partial charge in [-0.05, 0) is 73.5 Å². The van der Waals surface area contributed by atoms with Crippen LogP contribution in [-0.2, 0) is 16.6 Å². The van der Waals surface area contributed by atoms with Gasteiger partial charge in [0, 0.05) is 5.56 Å². The van der Waals surface area contributed by atoms with E-state index >= 15 is 0 Å². The van der Waals surface area contributed by atoms with Crippen molar-refractivity contribution in [2.24, 2.45) is 0 Å². The molecule has 36 heavy (non-hydrogen) atoms. The Balaban J connectivity index is 1.43. The molecule has 0 fully saturated rings. The lowest BCUT2D eigenvalue weighted by Gasteiger charge is -2.23. The van der Waals surface area contributed by atoms with Crippen LogP contribution in [0.2, 0.25) is 0 Å². The van der Waals surface area contributed by atoms with E-state index in [9.17, 15) is 13.2 Å². The van der Waals surface area contributed by atoms with Crippen molar-refractivity contribution in [2.45, 2.75) is 26.4 Å². The molecule has 0 aromatic heterocycles. The molecule has 0 radical (unpaired) electrons. The van der Waals surface area contributed by atoms with Crippen LogP contribution in [0.25, 0.3) is 0 Å². The molecule has 190 valence electrons. The number of nitrogens with zero attached hydrogens (tertiary/aromatic N) is 1. The molecule has 1 heterocycles. The van der Waals surface area contributed by atoms with Crippen LogP contribution in [0.3, 0.4) is 0 Å². The Bertz CT molecular complexity index is 1310. The number of nitrogens with one attached hydrogen (secondary N) is 1. The first-order chi connectivity index (χ1) is 17.2. The Morgan fingerprint density at radius 1 is 1.00 bits per heavy atom. The maximum Gasteiger partial charge on any atom is 0.251 e. The first-order valence-corrected chi connectivity index (χ1v) is 13.6.